The SMILES string of the molecule is CCC1CCC(C)N1C(=O)[C@H](N)CCSC. The van der Waals surface area contributed by atoms with Crippen LogP contribution in [0, 0.1) is 0 Å². The van der Waals surface area contributed by atoms with Gasteiger partial charge in [0.2, 0.25) is 5.91 Å². The zero-order chi connectivity index (χ0) is 12.1. The first kappa shape index (κ1) is 13.8. The summed E-state index contributed by atoms with van der Waals surface area (Å²) >= 11 is 1.75. The van der Waals surface area contributed by atoms with Gasteiger partial charge in [0.05, 0.1) is 6.04 Å². The van der Waals surface area contributed by atoms with E-state index in [4.69, 9.17) is 5.73 Å². The number of likely N-dealkylation sites (tertiary alicyclic amines) is 1. The first-order chi connectivity index (χ1) is 7.61. The summed E-state index contributed by atoms with van der Waals surface area (Å²) < 4.78 is 0. The van der Waals surface area contributed by atoms with Gasteiger partial charge in [-0.05, 0) is 44.6 Å². The summed E-state index contributed by atoms with van der Waals surface area (Å²) in [5.74, 6) is 1.12. The maximum Gasteiger partial charge on any atom is 0.240 e. The first-order valence-electron chi connectivity index (χ1n) is 6.18. The summed E-state index contributed by atoms with van der Waals surface area (Å²) in [4.78, 5) is 14.3. The normalized spacial score (nSPS) is 27.1. The van der Waals surface area contributed by atoms with Gasteiger partial charge < -0.3 is 10.6 Å². The molecule has 4 heteroatoms. The zero-order valence-electron chi connectivity index (χ0n) is 10.6. The number of nitrogens with zero attached hydrogens (tertiary/aromatic N) is 1. The van der Waals surface area contributed by atoms with Crippen molar-refractivity contribution < 1.29 is 4.79 Å². The summed E-state index contributed by atoms with van der Waals surface area (Å²) in [6.07, 6.45) is 6.15. The van der Waals surface area contributed by atoms with E-state index in [0.717, 1.165) is 31.4 Å². The van der Waals surface area contributed by atoms with Crippen molar-refractivity contribution in [2.45, 2.75) is 57.7 Å². The predicted molar refractivity (Wildman–Crippen MR) is 70.6 cm³/mol. The molecule has 1 saturated heterocycles. The fourth-order valence-corrected chi connectivity index (χ4v) is 2.92. The Bertz CT molecular complexity index is 235. The molecule has 3 atom stereocenters. The van der Waals surface area contributed by atoms with Crippen LogP contribution < -0.4 is 5.73 Å². The van der Waals surface area contributed by atoms with Gasteiger partial charge in [0.1, 0.15) is 0 Å². The van der Waals surface area contributed by atoms with E-state index < -0.39 is 0 Å². The number of hydrogen-bond donors (Lipinski definition) is 1. The summed E-state index contributed by atoms with van der Waals surface area (Å²) in [5, 5.41) is 0. The third-order valence-corrected chi connectivity index (χ3v) is 4.11. The Morgan fingerprint density at radius 3 is 2.81 bits per heavy atom. The van der Waals surface area contributed by atoms with Crippen LogP contribution in [0.1, 0.15) is 39.5 Å². The molecule has 0 saturated carbocycles. The number of rotatable bonds is 5. The molecule has 1 aliphatic rings. The number of thioether (sulfide) groups is 1. The predicted octanol–water partition coefficient (Wildman–Crippen LogP) is 1.86. The van der Waals surface area contributed by atoms with Crippen molar-refractivity contribution in [1.82, 2.24) is 4.90 Å². The third kappa shape index (κ3) is 3.14. The molecule has 0 bridgehead atoms. The number of amides is 1. The van der Waals surface area contributed by atoms with Gasteiger partial charge in [-0.25, -0.2) is 0 Å². The second-order valence-electron chi connectivity index (χ2n) is 4.62. The van der Waals surface area contributed by atoms with E-state index in [1.54, 1.807) is 11.8 Å². The molecule has 1 heterocycles. The van der Waals surface area contributed by atoms with Crippen molar-refractivity contribution in [1.29, 1.82) is 0 Å². The third-order valence-electron chi connectivity index (χ3n) is 3.46. The summed E-state index contributed by atoms with van der Waals surface area (Å²) in [6.45, 7) is 4.28. The van der Waals surface area contributed by atoms with Crippen molar-refractivity contribution in [2.75, 3.05) is 12.0 Å². The van der Waals surface area contributed by atoms with E-state index in [1.165, 1.54) is 0 Å². The lowest BCUT2D eigenvalue weighted by molar-refractivity contribution is -0.135. The number of nitrogens with two attached hydrogens (primary N) is 1. The van der Waals surface area contributed by atoms with Crippen LogP contribution in [0.15, 0.2) is 0 Å². The molecule has 0 aromatic carbocycles. The van der Waals surface area contributed by atoms with Gasteiger partial charge in [0.25, 0.3) is 0 Å². The van der Waals surface area contributed by atoms with Crippen LogP contribution in [0.25, 0.3) is 0 Å². The highest BCUT2D eigenvalue weighted by Gasteiger charge is 2.35. The highest BCUT2D eigenvalue weighted by atomic mass is 32.2. The van der Waals surface area contributed by atoms with E-state index in [1.807, 2.05) is 11.2 Å². The first-order valence-corrected chi connectivity index (χ1v) is 7.57. The molecule has 16 heavy (non-hydrogen) atoms. The van der Waals surface area contributed by atoms with Gasteiger partial charge in [-0.3, -0.25) is 4.79 Å². The van der Waals surface area contributed by atoms with Gasteiger partial charge in [0.15, 0.2) is 0 Å². The second kappa shape index (κ2) is 6.50. The van der Waals surface area contributed by atoms with Crippen molar-refractivity contribution in [3.63, 3.8) is 0 Å². The molecule has 2 unspecified atom stereocenters. The summed E-state index contributed by atoms with van der Waals surface area (Å²) in [6, 6.07) is 0.489. The van der Waals surface area contributed by atoms with E-state index in [9.17, 15) is 4.79 Å². The van der Waals surface area contributed by atoms with Crippen molar-refractivity contribution >= 4 is 17.7 Å². The van der Waals surface area contributed by atoms with Crippen LogP contribution in [0.2, 0.25) is 0 Å². The van der Waals surface area contributed by atoms with Crippen molar-refractivity contribution in [2.24, 2.45) is 5.73 Å². The van der Waals surface area contributed by atoms with Crippen LogP contribution in [0.3, 0.4) is 0 Å². The molecule has 3 nitrogen and oxygen atoms in total. The molecule has 0 aliphatic carbocycles. The topological polar surface area (TPSA) is 46.3 Å². The molecule has 0 aromatic rings. The van der Waals surface area contributed by atoms with Gasteiger partial charge >= 0.3 is 0 Å². The largest absolute Gasteiger partial charge is 0.336 e. The maximum atomic E-state index is 12.2. The monoisotopic (exact) mass is 244 g/mol. The molecule has 0 spiro atoms. The highest BCUT2D eigenvalue weighted by Crippen LogP contribution is 2.26. The Hall–Kier alpha value is -0.220. The molecule has 1 rings (SSSR count). The summed E-state index contributed by atoms with van der Waals surface area (Å²) in [5.41, 5.74) is 5.96. The molecule has 0 radical (unpaired) electrons. The van der Waals surface area contributed by atoms with Gasteiger partial charge in [0, 0.05) is 12.1 Å². The molecular weight excluding hydrogens is 220 g/mol. The zero-order valence-corrected chi connectivity index (χ0v) is 11.4. The quantitative estimate of drug-likeness (QED) is 0.803. The van der Waals surface area contributed by atoms with Crippen LogP contribution in [-0.4, -0.2) is 40.9 Å². The maximum absolute atomic E-state index is 12.2. The smallest absolute Gasteiger partial charge is 0.240 e. The van der Waals surface area contributed by atoms with E-state index in [-0.39, 0.29) is 11.9 Å². The number of carbonyl (C=O) groups is 1. The lowest BCUT2D eigenvalue weighted by Crippen LogP contribution is -2.48. The Kier molecular flexibility index (Phi) is 5.62. The minimum atomic E-state index is -0.304. The van der Waals surface area contributed by atoms with E-state index in [2.05, 4.69) is 13.8 Å². The lowest BCUT2D eigenvalue weighted by atomic mass is 10.1. The molecule has 1 amide bonds. The van der Waals surface area contributed by atoms with E-state index >= 15 is 0 Å². The molecule has 0 aromatic heterocycles. The minimum Gasteiger partial charge on any atom is -0.336 e. The highest BCUT2D eigenvalue weighted by molar-refractivity contribution is 7.98. The standard InChI is InChI=1S/C12H24N2OS/c1-4-10-6-5-9(2)14(10)12(15)11(13)7-8-16-3/h9-11H,4-8,13H2,1-3H3/t9?,10?,11-/m1/s1. The van der Waals surface area contributed by atoms with Crippen LogP contribution in [0.5, 0.6) is 0 Å². The fourth-order valence-electron chi connectivity index (χ4n) is 2.43. The molecule has 1 aliphatic heterocycles. The average Bonchev–Trinajstić information content (AvgIpc) is 2.66. The van der Waals surface area contributed by atoms with Crippen molar-refractivity contribution in [3.8, 4) is 0 Å². The number of hydrogen-bond acceptors (Lipinski definition) is 3. The van der Waals surface area contributed by atoms with E-state index in [0.29, 0.717) is 12.1 Å². The summed E-state index contributed by atoms with van der Waals surface area (Å²) in [7, 11) is 0. The fraction of sp³-hybridized carbons (Fsp3) is 0.917. The minimum absolute atomic E-state index is 0.158. The van der Waals surface area contributed by atoms with Gasteiger partial charge in [-0.1, -0.05) is 6.92 Å². The number of carbonyl (C=O) groups excluding carboxylic acids is 1. The van der Waals surface area contributed by atoms with Crippen LogP contribution >= 0.6 is 11.8 Å². The molecular formula is C12H24N2OS. The van der Waals surface area contributed by atoms with Gasteiger partial charge in [-0.2, -0.15) is 11.8 Å². The van der Waals surface area contributed by atoms with Crippen LogP contribution in [0.4, 0.5) is 0 Å². The molecule has 2 N–H and O–H groups in total. The molecule has 94 valence electrons. The van der Waals surface area contributed by atoms with Gasteiger partial charge in [-0.15, -0.1) is 0 Å². The van der Waals surface area contributed by atoms with Crippen molar-refractivity contribution in [3.05, 3.63) is 0 Å². The lowest BCUT2D eigenvalue weighted by Gasteiger charge is -2.30. The second-order valence-corrected chi connectivity index (χ2v) is 5.61. The Morgan fingerprint density at radius 2 is 2.25 bits per heavy atom. The Balaban J connectivity index is 2.56. The average molecular weight is 244 g/mol. The molecule has 1 fully saturated rings. The van der Waals surface area contributed by atoms with Crippen LogP contribution in [-0.2, 0) is 4.79 Å². The Morgan fingerprint density at radius 1 is 1.56 bits per heavy atom. The Labute approximate surface area is 103 Å².